The molecule has 1 aliphatic heterocycles. The molecule has 0 fully saturated rings. The van der Waals surface area contributed by atoms with E-state index >= 15 is 0 Å². The lowest BCUT2D eigenvalue weighted by atomic mass is 9.82. The molecule has 1 N–H and O–H groups in total. The first-order chi connectivity index (χ1) is 6.11. The van der Waals surface area contributed by atoms with Crippen LogP contribution in [0.25, 0.3) is 0 Å². The van der Waals surface area contributed by atoms with Crippen molar-refractivity contribution in [1.82, 2.24) is 0 Å². The van der Waals surface area contributed by atoms with Crippen LogP contribution >= 0.6 is 11.6 Å². The Labute approximate surface area is 83.4 Å². The Kier molecular flexibility index (Phi) is 1.85. The highest BCUT2D eigenvalue weighted by Gasteiger charge is 2.25. The van der Waals surface area contributed by atoms with E-state index in [-0.39, 0.29) is 5.41 Å². The SMILES string of the molecule is CC1(C)C=CNc2cccc(Cl)c21. The van der Waals surface area contributed by atoms with Crippen LogP contribution in [0.15, 0.2) is 30.5 Å². The minimum absolute atomic E-state index is 0.0267. The lowest BCUT2D eigenvalue weighted by Crippen LogP contribution is -2.20. The first-order valence-electron chi connectivity index (χ1n) is 4.34. The summed E-state index contributed by atoms with van der Waals surface area (Å²) in [4.78, 5) is 0. The highest BCUT2D eigenvalue weighted by atomic mass is 35.5. The number of fused-ring (bicyclic) bond motifs is 1. The third kappa shape index (κ3) is 1.33. The van der Waals surface area contributed by atoms with Crippen LogP contribution in [0.1, 0.15) is 19.4 Å². The maximum Gasteiger partial charge on any atom is 0.0467 e. The number of benzene rings is 1. The smallest absolute Gasteiger partial charge is 0.0467 e. The van der Waals surface area contributed by atoms with Crippen LogP contribution < -0.4 is 5.32 Å². The van der Waals surface area contributed by atoms with Gasteiger partial charge in [-0.1, -0.05) is 37.6 Å². The second-order valence-corrected chi connectivity index (χ2v) is 4.27. The molecule has 1 aromatic carbocycles. The number of hydrogen-bond acceptors (Lipinski definition) is 1. The zero-order valence-electron chi connectivity index (χ0n) is 7.76. The van der Waals surface area contributed by atoms with Gasteiger partial charge in [0.15, 0.2) is 0 Å². The van der Waals surface area contributed by atoms with Crippen LogP contribution in [-0.4, -0.2) is 0 Å². The average Bonchev–Trinajstić information content (AvgIpc) is 2.02. The summed E-state index contributed by atoms with van der Waals surface area (Å²) in [6, 6.07) is 5.94. The molecule has 68 valence electrons. The van der Waals surface area contributed by atoms with Crippen molar-refractivity contribution in [2.75, 3.05) is 5.32 Å². The number of anilines is 1. The minimum atomic E-state index is 0.0267. The Hall–Kier alpha value is -0.950. The van der Waals surface area contributed by atoms with Crippen molar-refractivity contribution in [2.45, 2.75) is 19.3 Å². The molecule has 0 saturated carbocycles. The molecule has 0 spiro atoms. The van der Waals surface area contributed by atoms with E-state index in [1.165, 1.54) is 5.56 Å². The highest BCUT2D eigenvalue weighted by Crippen LogP contribution is 2.39. The zero-order valence-corrected chi connectivity index (χ0v) is 8.52. The number of hydrogen-bond donors (Lipinski definition) is 1. The molecule has 0 aliphatic carbocycles. The lowest BCUT2D eigenvalue weighted by Gasteiger charge is -2.29. The first-order valence-corrected chi connectivity index (χ1v) is 4.72. The van der Waals surface area contributed by atoms with Gasteiger partial charge in [0.25, 0.3) is 0 Å². The van der Waals surface area contributed by atoms with Gasteiger partial charge in [0.1, 0.15) is 0 Å². The van der Waals surface area contributed by atoms with E-state index in [1.807, 2.05) is 24.4 Å². The van der Waals surface area contributed by atoms with E-state index in [4.69, 9.17) is 11.6 Å². The second kappa shape index (κ2) is 2.78. The Bertz CT molecular complexity index is 366. The van der Waals surface area contributed by atoms with Crippen LogP contribution in [0, 0.1) is 0 Å². The molecule has 0 radical (unpaired) electrons. The summed E-state index contributed by atoms with van der Waals surface area (Å²) in [7, 11) is 0. The normalized spacial score (nSPS) is 17.8. The van der Waals surface area contributed by atoms with Gasteiger partial charge in [0.2, 0.25) is 0 Å². The van der Waals surface area contributed by atoms with Crippen LogP contribution in [0.3, 0.4) is 0 Å². The summed E-state index contributed by atoms with van der Waals surface area (Å²) in [6.07, 6.45) is 4.10. The van der Waals surface area contributed by atoms with Crippen molar-refractivity contribution >= 4 is 17.3 Å². The standard InChI is InChI=1S/C11H12ClN/c1-11(2)6-7-13-9-5-3-4-8(12)10(9)11/h3-7,13H,1-2H3. The van der Waals surface area contributed by atoms with Gasteiger partial charge in [-0.15, -0.1) is 0 Å². The summed E-state index contributed by atoms with van der Waals surface area (Å²) in [5.41, 5.74) is 2.32. The third-order valence-electron chi connectivity index (χ3n) is 2.40. The molecule has 0 aromatic heterocycles. The Morgan fingerprint density at radius 2 is 2.08 bits per heavy atom. The summed E-state index contributed by atoms with van der Waals surface area (Å²) in [5, 5.41) is 4.03. The van der Waals surface area contributed by atoms with Crippen molar-refractivity contribution < 1.29 is 0 Å². The van der Waals surface area contributed by atoms with Gasteiger partial charge >= 0.3 is 0 Å². The van der Waals surface area contributed by atoms with E-state index in [0.29, 0.717) is 0 Å². The fourth-order valence-corrected chi connectivity index (χ4v) is 2.14. The van der Waals surface area contributed by atoms with Crippen molar-refractivity contribution in [2.24, 2.45) is 0 Å². The summed E-state index contributed by atoms with van der Waals surface area (Å²) >= 11 is 6.15. The molecule has 13 heavy (non-hydrogen) atoms. The van der Waals surface area contributed by atoms with E-state index in [2.05, 4.69) is 25.2 Å². The predicted octanol–water partition coefficient (Wildman–Crippen LogP) is 3.56. The van der Waals surface area contributed by atoms with Crippen molar-refractivity contribution in [3.8, 4) is 0 Å². The van der Waals surface area contributed by atoms with Crippen LogP contribution in [0.2, 0.25) is 5.02 Å². The largest absolute Gasteiger partial charge is 0.362 e. The molecule has 1 heterocycles. The Balaban J connectivity index is 2.66. The van der Waals surface area contributed by atoms with Crippen molar-refractivity contribution in [3.63, 3.8) is 0 Å². The van der Waals surface area contributed by atoms with Crippen molar-refractivity contribution in [3.05, 3.63) is 41.1 Å². The third-order valence-corrected chi connectivity index (χ3v) is 2.71. The van der Waals surface area contributed by atoms with Crippen LogP contribution in [0.4, 0.5) is 5.69 Å². The van der Waals surface area contributed by atoms with E-state index in [1.54, 1.807) is 0 Å². The van der Waals surface area contributed by atoms with Gasteiger partial charge in [-0.2, -0.15) is 0 Å². The molecule has 1 aliphatic rings. The lowest BCUT2D eigenvalue weighted by molar-refractivity contribution is 0.665. The van der Waals surface area contributed by atoms with Gasteiger partial charge in [-0.25, -0.2) is 0 Å². The van der Waals surface area contributed by atoms with Gasteiger partial charge in [-0.05, 0) is 18.3 Å². The Morgan fingerprint density at radius 1 is 1.31 bits per heavy atom. The quantitative estimate of drug-likeness (QED) is 0.665. The zero-order chi connectivity index (χ0) is 9.47. The molecule has 2 rings (SSSR count). The maximum absolute atomic E-state index is 6.15. The molecule has 0 unspecified atom stereocenters. The topological polar surface area (TPSA) is 12.0 Å². The summed E-state index contributed by atoms with van der Waals surface area (Å²) in [6.45, 7) is 4.32. The summed E-state index contributed by atoms with van der Waals surface area (Å²) in [5.74, 6) is 0. The van der Waals surface area contributed by atoms with Gasteiger partial charge < -0.3 is 5.32 Å². The first kappa shape index (κ1) is 8.64. The molecule has 2 heteroatoms. The fraction of sp³-hybridized carbons (Fsp3) is 0.273. The molecular weight excluding hydrogens is 182 g/mol. The molecular formula is C11H12ClN. The molecule has 1 aromatic rings. The predicted molar refractivity (Wildman–Crippen MR) is 57.2 cm³/mol. The maximum atomic E-state index is 6.15. The highest BCUT2D eigenvalue weighted by molar-refractivity contribution is 6.32. The summed E-state index contributed by atoms with van der Waals surface area (Å²) < 4.78 is 0. The number of allylic oxidation sites excluding steroid dienone is 1. The number of rotatable bonds is 0. The minimum Gasteiger partial charge on any atom is -0.362 e. The molecule has 0 amide bonds. The van der Waals surface area contributed by atoms with E-state index in [0.717, 1.165) is 10.7 Å². The fourth-order valence-electron chi connectivity index (χ4n) is 1.72. The number of nitrogens with one attached hydrogen (secondary N) is 1. The van der Waals surface area contributed by atoms with E-state index in [9.17, 15) is 0 Å². The molecule has 0 atom stereocenters. The second-order valence-electron chi connectivity index (χ2n) is 3.86. The van der Waals surface area contributed by atoms with E-state index < -0.39 is 0 Å². The monoisotopic (exact) mass is 193 g/mol. The molecule has 0 saturated heterocycles. The van der Waals surface area contributed by atoms with Crippen LogP contribution in [0.5, 0.6) is 0 Å². The molecule has 0 bridgehead atoms. The van der Waals surface area contributed by atoms with Crippen molar-refractivity contribution in [1.29, 1.82) is 0 Å². The van der Waals surface area contributed by atoms with Gasteiger partial charge in [-0.3, -0.25) is 0 Å². The molecule has 1 nitrogen and oxygen atoms in total. The van der Waals surface area contributed by atoms with Gasteiger partial charge in [0, 0.05) is 21.7 Å². The van der Waals surface area contributed by atoms with Crippen LogP contribution in [-0.2, 0) is 5.41 Å². The Morgan fingerprint density at radius 3 is 2.77 bits per heavy atom. The number of halogens is 1. The van der Waals surface area contributed by atoms with Gasteiger partial charge in [0.05, 0.1) is 0 Å². The average molecular weight is 194 g/mol.